The Hall–Kier alpha value is -2.43. The molecule has 0 heterocycles. The lowest BCUT2D eigenvalue weighted by Crippen LogP contribution is -2.15. The van der Waals surface area contributed by atoms with Crippen molar-refractivity contribution in [2.75, 3.05) is 7.11 Å². The Morgan fingerprint density at radius 2 is 1.73 bits per heavy atom. The molecule has 0 saturated heterocycles. The minimum Gasteiger partial charge on any atom is -0.497 e. The number of hydrogen-bond donors (Lipinski definition) is 1. The summed E-state index contributed by atoms with van der Waals surface area (Å²) in [5.74, 6) is -3.44. The molecule has 0 radical (unpaired) electrons. The Bertz CT molecular complexity index is 756. The SMILES string of the molecule is COc1ccc2c(c1)CCc1cc(F)c(F)cc1C2C(=O)O. The van der Waals surface area contributed by atoms with Crippen molar-refractivity contribution in [1.82, 2.24) is 0 Å². The van der Waals surface area contributed by atoms with Crippen LogP contribution in [-0.4, -0.2) is 18.2 Å². The zero-order valence-electron chi connectivity index (χ0n) is 11.9. The highest BCUT2D eigenvalue weighted by Gasteiger charge is 2.30. The van der Waals surface area contributed by atoms with Gasteiger partial charge in [0.25, 0.3) is 0 Å². The smallest absolute Gasteiger partial charge is 0.315 e. The van der Waals surface area contributed by atoms with Crippen LogP contribution in [-0.2, 0) is 17.6 Å². The molecule has 3 rings (SSSR count). The van der Waals surface area contributed by atoms with Gasteiger partial charge in [-0.3, -0.25) is 4.79 Å². The summed E-state index contributed by atoms with van der Waals surface area (Å²) in [6.07, 6.45) is 1.00. The van der Waals surface area contributed by atoms with Crippen LogP contribution < -0.4 is 4.74 Å². The van der Waals surface area contributed by atoms with Crippen molar-refractivity contribution in [3.05, 3.63) is 64.2 Å². The van der Waals surface area contributed by atoms with Crippen LogP contribution in [0.15, 0.2) is 30.3 Å². The van der Waals surface area contributed by atoms with E-state index in [0.29, 0.717) is 35.3 Å². The lowest BCUT2D eigenvalue weighted by atomic mass is 9.88. The Labute approximate surface area is 126 Å². The molecular weight excluding hydrogens is 290 g/mol. The Balaban J connectivity index is 2.22. The number of ether oxygens (including phenoxy) is 1. The molecule has 0 aliphatic heterocycles. The van der Waals surface area contributed by atoms with E-state index in [4.69, 9.17) is 4.74 Å². The van der Waals surface area contributed by atoms with Crippen LogP contribution in [0.4, 0.5) is 8.78 Å². The second-order valence-electron chi connectivity index (χ2n) is 5.30. The zero-order valence-corrected chi connectivity index (χ0v) is 11.9. The minimum absolute atomic E-state index is 0.315. The molecule has 1 unspecified atom stereocenters. The second-order valence-corrected chi connectivity index (χ2v) is 5.30. The molecular formula is C17H14F2O3. The standard InChI is InChI=1S/C17H14F2O3/c1-22-11-4-5-12-9(6-11)2-3-10-7-14(18)15(19)8-13(10)16(12)17(20)21/h4-8,16H,2-3H2,1H3,(H,20,21). The van der Waals surface area contributed by atoms with Gasteiger partial charge in [-0.25, -0.2) is 8.78 Å². The molecule has 5 heteroatoms. The summed E-state index contributed by atoms with van der Waals surface area (Å²) in [4.78, 5) is 11.7. The molecule has 3 nitrogen and oxygen atoms in total. The van der Waals surface area contributed by atoms with Crippen molar-refractivity contribution in [1.29, 1.82) is 0 Å². The van der Waals surface area contributed by atoms with Crippen LogP contribution in [0.5, 0.6) is 5.75 Å². The van der Waals surface area contributed by atoms with E-state index >= 15 is 0 Å². The predicted molar refractivity (Wildman–Crippen MR) is 76.2 cm³/mol. The fraction of sp³-hybridized carbons (Fsp3) is 0.235. The first-order valence-electron chi connectivity index (χ1n) is 6.88. The summed E-state index contributed by atoms with van der Waals surface area (Å²) in [6.45, 7) is 0. The second kappa shape index (κ2) is 5.40. The molecule has 0 fully saturated rings. The van der Waals surface area contributed by atoms with Crippen LogP contribution in [0.2, 0.25) is 0 Å². The molecule has 0 aromatic heterocycles. The van der Waals surface area contributed by atoms with Gasteiger partial charge in [-0.05, 0) is 59.4 Å². The van der Waals surface area contributed by atoms with E-state index in [2.05, 4.69) is 0 Å². The number of hydrogen-bond acceptors (Lipinski definition) is 2. The molecule has 0 bridgehead atoms. The number of methoxy groups -OCH3 is 1. The van der Waals surface area contributed by atoms with E-state index in [9.17, 15) is 18.7 Å². The Morgan fingerprint density at radius 3 is 2.36 bits per heavy atom. The molecule has 1 aliphatic rings. The molecule has 1 aliphatic carbocycles. The van der Waals surface area contributed by atoms with E-state index in [1.807, 2.05) is 0 Å². The highest BCUT2D eigenvalue weighted by atomic mass is 19.2. The number of halogens is 2. The highest BCUT2D eigenvalue weighted by molar-refractivity contribution is 5.82. The van der Waals surface area contributed by atoms with E-state index < -0.39 is 23.5 Å². The monoisotopic (exact) mass is 304 g/mol. The van der Waals surface area contributed by atoms with Crippen molar-refractivity contribution >= 4 is 5.97 Å². The lowest BCUT2D eigenvalue weighted by molar-refractivity contribution is -0.137. The van der Waals surface area contributed by atoms with Crippen molar-refractivity contribution < 1.29 is 23.4 Å². The van der Waals surface area contributed by atoms with Crippen molar-refractivity contribution in [3.63, 3.8) is 0 Å². The van der Waals surface area contributed by atoms with Gasteiger partial charge in [0.1, 0.15) is 11.7 Å². The number of carbonyl (C=O) groups is 1. The van der Waals surface area contributed by atoms with Crippen LogP contribution in [0, 0.1) is 11.6 Å². The topological polar surface area (TPSA) is 46.5 Å². The maximum atomic E-state index is 13.6. The molecule has 2 aromatic rings. The van der Waals surface area contributed by atoms with Crippen LogP contribution in [0.1, 0.15) is 28.2 Å². The summed E-state index contributed by atoms with van der Waals surface area (Å²) in [7, 11) is 1.53. The Morgan fingerprint density at radius 1 is 1.09 bits per heavy atom. The van der Waals surface area contributed by atoms with Gasteiger partial charge >= 0.3 is 5.97 Å². The summed E-state index contributed by atoms with van der Waals surface area (Å²) in [5, 5.41) is 9.60. The number of benzene rings is 2. The molecule has 114 valence electrons. The lowest BCUT2D eigenvalue weighted by Gasteiger charge is -2.17. The molecule has 0 spiro atoms. The van der Waals surface area contributed by atoms with Gasteiger partial charge < -0.3 is 9.84 Å². The number of carboxylic acids is 1. The number of aliphatic carboxylic acids is 1. The molecule has 2 aromatic carbocycles. The average molecular weight is 304 g/mol. The van der Waals surface area contributed by atoms with E-state index in [1.165, 1.54) is 7.11 Å². The average Bonchev–Trinajstić information content (AvgIpc) is 2.64. The largest absolute Gasteiger partial charge is 0.497 e. The van der Waals surface area contributed by atoms with Gasteiger partial charge in [-0.2, -0.15) is 0 Å². The van der Waals surface area contributed by atoms with Gasteiger partial charge in [0.2, 0.25) is 0 Å². The molecule has 1 N–H and O–H groups in total. The number of aryl methyl sites for hydroxylation is 2. The summed E-state index contributed by atoms with van der Waals surface area (Å²) in [6, 6.07) is 7.25. The fourth-order valence-corrected chi connectivity index (χ4v) is 3.00. The third-order valence-corrected chi connectivity index (χ3v) is 4.06. The predicted octanol–water partition coefficient (Wildman–Crippen LogP) is 3.29. The first-order chi connectivity index (χ1) is 10.5. The van der Waals surface area contributed by atoms with Gasteiger partial charge in [-0.15, -0.1) is 0 Å². The van der Waals surface area contributed by atoms with Gasteiger partial charge in [-0.1, -0.05) is 6.07 Å². The quantitative estimate of drug-likeness (QED) is 0.926. The number of fused-ring (bicyclic) bond motifs is 2. The summed E-state index contributed by atoms with van der Waals surface area (Å²) in [5.41, 5.74) is 2.26. The third kappa shape index (κ3) is 2.32. The molecule has 0 saturated carbocycles. The number of rotatable bonds is 2. The van der Waals surface area contributed by atoms with Crippen molar-refractivity contribution in [2.24, 2.45) is 0 Å². The van der Waals surface area contributed by atoms with E-state index in [1.54, 1.807) is 18.2 Å². The maximum absolute atomic E-state index is 13.6. The molecule has 22 heavy (non-hydrogen) atoms. The fourth-order valence-electron chi connectivity index (χ4n) is 3.00. The Kier molecular flexibility index (Phi) is 3.56. The normalized spacial score (nSPS) is 16.4. The van der Waals surface area contributed by atoms with Crippen molar-refractivity contribution in [3.8, 4) is 5.75 Å². The highest BCUT2D eigenvalue weighted by Crippen LogP contribution is 2.36. The maximum Gasteiger partial charge on any atom is 0.315 e. The van der Waals surface area contributed by atoms with Crippen LogP contribution in [0.25, 0.3) is 0 Å². The summed E-state index contributed by atoms with van der Waals surface area (Å²) >= 11 is 0. The first-order valence-corrected chi connectivity index (χ1v) is 6.88. The van der Waals surface area contributed by atoms with E-state index in [-0.39, 0.29) is 0 Å². The zero-order chi connectivity index (χ0) is 15.9. The first kappa shape index (κ1) is 14.5. The summed E-state index contributed by atoms with van der Waals surface area (Å²) < 4.78 is 32.2. The van der Waals surface area contributed by atoms with Gasteiger partial charge in [0.15, 0.2) is 11.6 Å². The molecule has 1 atom stereocenters. The van der Waals surface area contributed by atoms with Gasteiger partial charge in [0.05, 0.1) is 7.11 Å². The van der Waals surface area contributed by atoms with Gasteiger partial charge in [0, 0.05) is 0 Å². The van der Waals surface area contributed by atoms with E-state index in [0.717, 1.165) is 17.7 Å². The van der Waals surface area contributed by atoms with Crippen molar-refractivity contribution in [2.45, 2.75) is 18.8 Å². The van der Waals surface area contributed by atoms with Crippen LogP contribution >= 0.6 is 0 Å². The van der Waals surface area contributed by atoms with Crippen LogP contribution in [0.3, 0.4) is 0 Å². The third-order valence-electron chi connectivity index (χ3n) is 4.06. The number of carboxylic acid groups (broad SMARTS) is 1. The minimum atomic E-state index is -1.08. The molecule has 0 amide bonds.